The lowest BCUT2D eigenvalue weighted by atomic mass is 10.0. The minimum atomic E-state index is -0.374. The molecule has 0 aliphatic carbocycles. The molecular weight excluding hydrogens is 285 g/mol. The molecule has 2 rings (SSSR count). The molecule has 19 heavy (non-hydrogen) atoms. The number of aromatic nitrogens is 1. The largest absolute Gasteiger partial charge is 0.496 e. The van der Waals surface area contributed by atoms with Crippen LogP contribution in [0.15, 0.2) is 36.5 Å². The maximum absolute atomic E-state index is 6.17. The van der Waals surface area contributed by atoms with Crippen molar-refractivity contribution in [3.8, 4) is 5.75 Å². The first kappa shape index (κ1) is 14.1. The first-order valence-corrected chi connectivity index (χ1v) is 6.33. The van der Waals surface area contributed by atoms with Crippen LogP contribution in [0.1, 0.15) is 17.3 Å². The third-order valence-electron chi connectivity index (χ3n) is 2.73. The minimum absolute atomic E-state index is 0.374. The summed E-state index contributed by atoms with van der Waals surface area (Å²) in [6.07, 6.45) is 1.53. The number of hydrogen-bond donors (Lipinski definition) is 2. The number of hydrazine groups is 1. The lowest BCUT2D eigenvalue weighted by molar-refractivity contribution is 0.404. The molecule has 4 nitrogen and oxygen atoms in total. The quantitative estimate of drug-likeness (QED) is 0.673. The van der Waals surface area contributed by atoms with Gasteiger partial charge in [0, 0.05) is 11.8 Å². The molecule has 0 spiro atoms. The Kier molecular flexibility index (Phi) is 4.61. The van der Waals surface area contributed by atoms with Crippen LogP contribution in [0.2, 0.25) is 10.0 Å². The summed E-state index contributed by atoms with van der Waals surface area (Å²) in [7, 11) is 1.60. The molecule has 3 N–H and O–H groups in total. The van der Waals surface area contributed by atoms with E-state index in [2.05, 4.69) is 10.4 Å². The number of nitrogens with one attached hydrogen (secondary N) is 1. The molecule has 0 fully saturated rings. The van der Waals surface area contributed by atoms with Crippen LogP contribution in [0.25, 0.3) is 0 Å². The van der Waals surface area contributed by atoms with Crippen LogP contribution >= 0.6 is 23.2 Å². The van der Waals surface area contributed by atoms with Crippen LogP contribution in [0.4, 0.5) is 0 Å². The number of pyridine rings is 1. The van der Waals surface area contributed by atoms with Gasteiger partial charge in [-0.1, -0.05) is 41.4 Å². The highest BCUT2D eigenvalue weighted by Gasteiger charge is 2.20. The van der Waals surface area contributed by atoms with Gasteiger partial charge in [0.1, 0.15) is 5.75 Å². The normalized spacial score (nSPS) is 12.2. The van der Waals surface area contributed by atoms with Gasteiger partial charge >= 0.3 is 0 Å². The zero-order valence-corrected chi connectivity index (χ0v) is 11.7. The van der Waals surface area contributed by atoms with E-state index in [0.29, 0.717) is 21.5 Å². The maximum atomic E-state index is 6.17. The van der Waals surface area contributed by atoms with Crippen LogP contribution in [-0.4, -0.2) is 12.1 Å². The predicted molar refractivity (Wildman–Crippen MR) is 76.4 cm³/mol. The molecule has 2 aromatic rings. The molecule has 100 valence electrons. The monoisotopic (exact) mass is 297 g/mol. The SMILES string of the molecule is COc1ccccc1C(NN)c1ncc(Cl)cc1Cl. The minimum Gasteiger partial charge on any atom is -0.496 e. The number of nitrogens with two attached hydrogens (primary N) is 1. The van der Waals surface area contributed by atoms with E-state index in [9.17, 15) is 0 Å². The molecule has 1 unspecified atom stereocenters. The van der Waals surface area contributed by atoms with Crippen molar-refractivity contribution in [3.63, 3.8) is 0 Å². The lowest BCUT2D eigenvalue weighted by Gasteiger charge is -2.19. The summed E-state index contributed by atoms with van der Waals surface area (Å²) in [5, 5.41) is 0.922. The van der Waals surface area contributed by atoms with E-state index in [1.807, 2.05) is 24.3 Å². The van der Waals surface area contributed by atoms with Gasteiger partial charge < -0.3 is 4.74 Å². The second-order valence-corrected chi connectivity index (χ2v) is 4.71. The second kappa shape index (κ2) is 6.21. The number of halogens is 2. The lowest BCUT2D eigenvalue weighted by Crippen LogP contribution is -2.30. The highest BCUT2D eigenvalue weighted by molar-refractivity contribution is 6.34. The van der Waals surface area contributed by atoms with Crippen molar-refractivity contribution < 1.29 is 4.74 Å². The van der Waals surface area contributed by atoms with Crippen molar-refractivity contribution in [1.29, 1.82) is 0 Å². The van der Waals surface area contributed by atoms with E-state index < -0.39 is 0 Å². The van der Waals surface area contributed by atoms with Gasteiger partial charge in [-0.2, -0.15) is 0 Å². The number of hydrogen-bond acceptors (Lipinski definition) is 4. The average Bonchev–Trinajstić information content (AvgIpc) is 2.42. The van der Waals surface area contributed by atoms with Gasteiger partial charge in [0.25, 0.3) is 0 Å². The first-order chi connectivity index (χ1) is 9.17. The molecule has 0 saturated heterocycles. The maximum Gasteiger partial charge on any atom is 0.124 e. The molecule has 1 aromatic carbocycles. The molecule has 1 aromatic heterocycles. The number of benzene rings is 1. The van der Waals surface area contributed by atoms with Gasteiger partial charge in [-0.15, -0.1) is 0 Å². The van der Waals surface area contributed by atoms with Crippen LogP contribution in [0.3, 0.4) is 0 Å². The summed E-state index contributed by atoms with van der Waals surface area (Å²) in [4.78, 5) is 4.24. The number of rotatable bonds is 4. The molecule has 0 aliphatic heterocycles. The third-order valence-corrected chi connectivity index (χ3v) is 3.24. The Bertz CT molecular complexity index is 578. The molecule has 0 bridgehead atoms. The smallest absolute Gasteiger partial charge is 0.124 e. The van der Waals surface area contributed by atoms with Crippen molar-refractivity contribution in [2.75, 3.05) is 7.11 Å². The predicted octanol–water partition coefficient (Wildman–Crippen LogP) is 2.95. The Balaban J connectivity index is 2.50. The Hall–Kier alpha value is -1.33. The molecule has 0 saturated carbocycles. The molecule has 1 heterocycles. The number of nitrogens with zero attached hydrogens (tertiary/aromatic N) is 1. The Morgan fingerprint density at radius 2 is 2.05 bits per heavy atom. The van der Waals surface area contributed by atoms with Crippen molar-refractivity contribution in [2.24, 2.45) is 5.84 Å². The van der Waals surface area contributed by atoms with Crippen LogP contribution in [0.5, 0.6) is 5.75 Å². The summed E-state index contributed by atoms with van der Waals surface area (Å²) in [6.45, 7) is 0. The van der Waals surface area contributed by atoms with Crippen molar-refractivity contribution in [2.45, 2.75) is 6.04 Å². The number of para-hydroxylation sites is 1. The van der Waals surface area contributed by atoms with Gasteiger partial charge in [0.2, 0.25) is 0 Å². The Morgan fingerprint density at radius 1 is 1.32 bits per heavy atom. The second-order valence-electron chi connectivity index (χ2n) is 3.86. The number of ether oxygens (including phenoxy) is 1. The molecule has 6 heteroatoms. The van der Waals surface area contributed by atoms with E-state index in [1.165, 1.54) is 6.20 Å². The summed E-state index contributed by atoms with van der Waals surface area (Å²) < 4.78 is 5.32. The summed E-state index contributed by atoms with van der Waals surface area (Å²) in [6, 6.07) is 8.78. The topological polar surface area (TPSA) is 60.2 Å². The molecule has 0 radical (unpaired) electrons. The Labute approximate surface area is 121 Å². The van der Waals surface area contributed by atoms with Crippen LogP contribution < -0.4 is 16.0 Å². The van der Waals surface area contributed by atoms with E-state index in [4.69, 9.17) is 33.8 Å². The Morgan fingerprint density at radius 3 is 2.68 bits per heavy atom. The highest BCUT2D eigenvalue weighted by Crippen LogP contribution is 2.32. The summed E-state index contributed by atoms with van der Waals surface area (Å²) in [5.41, 5.74) is 4.15. The van der Waals surface area contributed by atoms with Crippen molar-refractivity contribution in [1.82, 2.24) is 10.4 Å². The third kappa shape index (κ3) is 2.98. The fourth-order valence-corrected chi connectivity index (χ4v) is 2.35. The standard InChI is InChI=1S/C13H13Cl2N3O/c1-19-11-5-3-2-4-9(11)12(18-16)13-10(15)6-8(14)7-17-13/h2-7,12,18H,16H2,1H3. The zero-order chi connectivity index (χ0) is 13.8. The van der Waals surface area contributed by atoms with Gasteiger partial charge in [0.05, 0.1) is 28.9 Å². The van der Waals surface area contributed by atoms with Crippen LogP contribution in [0, 0.1) is 0 Å². The van der Waals surface area contributed by atoms with E-state index in [1.54, 1.807) is 13.2 Å². The van der Waals surface area contributed by atoms with Gasteiger partial charge in [0.15, 0.2) is 0 Å². The molecular formula is C13H13Cl2N3O. The van der Waals surface area contributed by atoms with Gasteiger partial charge in [-0.05, 0) is 12.1 Å². The number of methoxy groups -OCH3 is 1. The molecule has 0 amide bonds. The molecule has 0 aliphatic rings. The van der Waals surface area contributed by atoms with Crippen molar-refractivity contribution in [3.05, 3.63) is 57.8 Å². The average molecular weight is 298 g/mol. The highest BCUT2D eigenvalue weighted by atomic mass is 35.5. The fraction of sp³-hybridized carbons (Fsp3) is 0.154. The first-order valence-electron chi connectivity index (χ1n) is 5.57. The van der Waals surface area contributed by atoms with E-state index >= 15 is 0 Å². The van der Waals surface area contributed by atoms with E-state index in [-0.39, 0.29) is 6.04 Å². The summed E-state index contributed by atoms with van der Waals surface area (Å²) in [5.74, 6) is 6.34. The summed E-state index contributed by atoms with van der Waals surface area (Å²) >= 11 is 12.0. The zero-order valence-electron chi connectivity index (χ0n) is 10.2. The van der Waals surface area contributed by atoms with Crippen LogP contribution in [-0.2, 0) is 0 Å². The van der Waals surface area contributed by atoms with Gasteiger partial charge in [-0.25, -0.2) is 5.43 Å². The van der Waals surface area contributed by atoms with Crippen molar-refractivity contribution >= 4 is 23.2 Å². The van der Waals surface area contributed by atoms with Gasteiger partial charge in [-0.3, -0.25) is 10.8 Å². The molecule has 1 atom stereocenters. The fourth-order valence-electron chi connectivity index (χ4n) is 1.86. The van der Waals surface area contributed by atoms with E-state index in [0.717, 1.165) is 5.56 Å².